The van der Waals surface area contributed by atoms with Crippen molar-refractivity contribution < 1.29 is 14.0 Å². The number of aromatic nitrogens is 3. The van der Waals surface area contributed by atoms with Gasteiger partial charge in [-0.15, -0.1) is 16.4 Å². The van der Waals surface area contributed by atoms with E-state index < -0.39 is 17.6 Å². The average Bonchev–Trinajstić information content (AvgIpc) is 3.32. The molecular weight excluding hydrogens is 417 g/mol. The summed E-state index contributed by atoms with van der Waals surface area (Å²) in [6.45, 7) is 3.88. The van der Waals surface area contributed by atoms with Gasteiger partial charge in [-0.3, -0.25) is 9.59 Å². The van der Waals surface area contributed by atoms with Gasteiger partial charge in [-0.05, 0) is 37.6 Å². The highest BCUT2D eigenvalue weighted by Crippen LogP contribution is 2.21. The third-order valence-corrected chi connectivity index (χ3v) is 5.59. The van der Waals surface area contributed by atoms with Gasteiger partial charge in [-0.25, -0.2) is 8.91 Å². The first kappa shape index (κ1) is 20.7. The number of thiazole rings is 1. The maximum absolute atomic E-state index is 13.6. The van der Waals surface area contributed by atoms with Crippen LogP contribution >= 0.6 is 11.3 Å². The SMILES string of the molecule is Cc1cccc(-c2nc3scc(CCNC(=O)C(=O)Nc4ccc(C)c(F)c4)n3n2)c1. The van der Waals surface area contributed by atoms with Gasteiger partial charge in [-0.2, -0.15) is 4.98 Å². The van der Waals surface area contributed by atoms with Crippen molar-refractivity contribution in [1.82, 2.24) is 19.9 Å². The first-order valence-electron chi connectivity index (χ1n) is 9.66. The van der Waals surface area contributed by atoms with Crippen molar-refractivity contribution in [3.63, 3.8) is 0 Å². The summed E-state index contributed by atoms with van der Waals surface area (Å²) in [7, 11) is 0. The molecule has 0 aliphatic heterocycles. The van der Waals surface area contributed by atoms with E-state index in [4.69, 9.17) is 0 Å². The van der Waals surface area contributed by atoms with E-state index in [0.29, 0.717) is 17.8 Å². The first-order valence-corrected chi connectivity index (χ1v) is 10.5. The van der Waals surface area contributed by atoms with Gasteiger partial charge in [0, 0.05) is 29.6 Å². The van der Waals surface area contributed by atoms with Gasteiger partial charge < -0.3 is 10.6 Å². The number of halogens is 1. The van der Waals surface area contributed by atoms with Crippen LogP contribution < -0.4 is 10.6 Å². The fraction of sp³-hybridized carbons (Fsp3) is 0.182. The van der Waals surface area contributed by atoms with Crippen LogP contribution in [0.5, 0.6) is 0 Å². The number of amides is 2. The van der Waals surface area contributed by atoms with Crippen molar-refractivity contribution in [3.8, 4) is 11.4 Å². The number of nitrogens with one attached hydrogen (secondary N) is 2. The summed E-state index contributed by atoms with van der Waals surface area (Å²) in [6.07, 6.45) is 0.481. The van der Waals surface area contributed by atoms with Crippen LogP contribution in [-0.2, 0) is 16.0 Å². The monoisotopic (exact) mass is 437 g/mol. The van der Waals surface area contributed by atoms with Gasteiger partial charge >= 0.3 is 11.8 Å². The lowest BCUT2D eigenvalue weighted by Crippen LogP contribution is -2.36. The minimum absolute atomic E-state index is 0.231. The Morgan fingerprint density at radius 2 is 1.97 bits per heavy atom. The number of carbonyl (C=O) groups excluding carboxylic acids is 2. The van der Waals surface area contributed by atoms with E-state index in [1.807, 2.05) is 36.6 Å². The number of rotatable bonds is 5. The van der Waals surface area contributed by atoms with E-state index in [1.54, 1.807) is 17.5 Å². The molecule has 158 valence electrons. The summed E-state index contributed by atoms with van der Waals surface area (Å²) in [6, 6.07) is 12.2. The molecule has 0 unspecified atom stereocenters. The van der Waals surface area contributed by atoms with Crippen LogP contribution in [0.25, 0.3) is 16.3 Å². The molecule has 0 saturated heterocycles. The van der Waals surface area contributed by atoms with Crippen molar-refractivity contribution in [1.29, 1.82) is 0 Å². The number of hydrogen-bond acceptors (Lipinski definition) is 5. The van der Waals surface area contributed by atoms with Crippen LogP contribution in [0.1, 0.15) is 16.8 Å². The van der Waals surface area contributed by atoms with Crippen molar-refractivity contribution in [2.45, 2.75) is 20.3 Å². The number of fused-ring (bicyclic) bond motifs is 1. The molecule has 0 radical (unpaired) electrons. The van der Waals surface area contributed by atoms with Gasteiger partial charge in [0.2, 0.25) is 4.96 Å². The molecule has 2 amide bonds. The molecule has 2 N–H and O–H groups in total. The minimum Gasteiger partial charge on any atom is -0.347 e. The summed E-state index contributed by atoms with van der Waals surface area (Å²) >= 11 is 1.46. The minimum atomic E-state index is -0.846. The Kier molecular flexibility index (Phi) is 5.77. The van der Waals surface area contributed by atoms with Gasteiger partial charge in [0.1, 0.15) is 5.82 Å². The second kappa shape index (κ2) is 8.65. The van der Waals surface area contributed by atoms with Gasteiger partial charge in [0.25, 0.3) is 0 Å². The fourth-order valence-corrected chi connectivity index (χ4v) is 3.90. The van der Waals surface area contributed by atoms with Gasteiger partial charge in [-0.1, -0.05) is 29.8 Å². The second-order valence-electron chi connectivity index (χ2n) is 7.15. The lowest BCUT2D eigenvalue weighted by Gasteiger charge is -2.07. The molecule has 0 saturated carbocycles. The Hall–Kier alpha value is -3.59. The molecule has 7 nitrogen and oxygen atoms in total. The fourth-order valence-electron chi connectivity index (χ4n) is 3.05. The largest absolute Gasteiger partial charge is 0.347 e. The quantitative estimate of drug-likeness (QED) is 0.468. The summed E-state index contributed by atoms with van der Waals surface area (Å²) in [5.74, 6) is -1.43. The maximum atomic E-state index is 13.6. The molecule has 2 heterocycles. The van der Waals surface area contributed by atoms with Crippen molar-refractivity contribution in [3.05, 3.63) is 70.5 Å². The van der Waals surface area contributed by atoms with E-state index in [1.165, 1.54) is 23.5 Å². The van der Waals surface area contributed by atoms with E-state index in [9.17, 15) is 14.0 Å². The van der Waals surface area contributed by atoms with Crippen LogP contribution in [-0.4, -0.2) is 33.0 Å². The molecule has 9 heteroatoms. The number of benzene rings is 2. The van der Waals surface area contributed by atoms with Crippen LogP contribution in [0.3, 0.4) is 0 Å². The molecule has 0 aliphatic carbocycles. The molecule has 2 aromatic heterocycles. The molecule has 0 fully saturated rings. The smallest absolute Gasteiger partial charge is 0.313 e. The molecule has 31 heavy (non-hydrogen) atoms. The average molecular weight is 438 g/mol. The van der Waals surface area contributed by atoms with Gasteiger partial charge in [0.15, 0.2) is 5.82 Å². The normalized spacial score (nSPS) is 10.9. The Labute approximate surface area is 181 Å². The number of anilines is 1. The molecule has 0 spiro atoms. The lowest BCUT2D eigenvalue weighted by molar-refractivity contribution is -0.136. The standard InChI is InChI=1S/C22H20FN5O2S/c1-13-4-3-5-15(10-13)19-26-22-28(27-19)17(12-31-22)8-9-24-20(29)21(30)25-16-7-6-14(2)18(23)11-16/h3-7,10-12H,8-9H2,1-2H3,(H,24,29)(H,25,30). The van der Waals surface area contributed by atoms with Crippen LogP contribution in [0.15, 0.2) is 47.8 Å². The number of nitrogens with zero attached hydrogens (tertiary/aromatic N) is 3. The van der Waals surface area contributed by atoms with E-state index in [-0.39, 0.29) is 12.2 Å². The van der Waals surface area contributed by atoms with Crippen molar-refractivity contribution >= 4 is 33.8 Å². The number of hydrogen-bond donors (Lipinski definition) is 2. The predicted molar refractivity (Wildman–Crippen MR) is 118 cm³/mol. The molecule has 0 atom stereocenters. The summed E-state index contributed by atoms with van der Waals surface area (Å²) in [4.78, 5) is 29.4. The van der Waals surface area contributed by atoms with Gasteiger partial charge in [0.05, 0.1) is 5.69 Å². The maximum Gasteiger partial charge on any atom is 0.313 e. The zero-order valence-electron chi connectivity index (χ0n) is 17.0. The van der Waals surface area contributed by atoms with E-state index >= 15 is 0 Å². The number of carbonyl (C=O) groups is 2. The lowest BCUT2D eigenvalue weighted by atomic mass is 10.1. The zero-order chi connectivity index (χ0) is 22.0. The zero-order valence-corrected chi connectivity index (χ0v) is 17.8. The Bertz CT molecular complexity index is 1280. The van der Waals surface area contributed by atoms with Crippen LogP contribution in [0, 0.1) is 19.7 Å². The Morgan fingerprint density at radius 1 is 1.13 bits per heavy atom. The van der Waals surface area contributed by atoms with E-state index in [0.717, 1.165) is 21.8 Å². The van der Waals surface area contributed by atoms with Crippen LogP contribution in [0.4, 0.5) is 10.1 Å². The highest BCUT2D eigenvalue weighted by Gasteiger charge is 2.15. The highest BCUT2D eigenvalue weighted by atomic mass is 32.1. The van der Waals surface area contributed by atoms with Crippen molar-refractivity contribution in [2.75, 3.05) is 11.9 Å². The first-order chi connectivity index (χ1) is 14.9. The third-order valence-electron chi connectivity index (χ3n) is 4.73. The number of aryl methyl sites for hydroxylation is 2. The Morgan fingerprint density at radius 3 is 2.74 bits per heavy atom. The van der Waals surface area contributed by atoms with Crippen molar-refractivity contribution in [2.24, 2.45) is 0 Å². The molecule has 0 aliphatic rings. The molecule has 4 rings (SSSR count). The topological polar surface area (TPSA) is 88.4 Å². The molecular formula is C22H20FN5O2S. The molecule has 2 aromatic carbocycles. The summed E-state index contributed by atoms with van der Waals surface area (Å²) < 4.78 is 15.3. The highest BCUT2D eigenvalue weighted by molar-refractivity contribution is 7.15. The predicted octanol–water partition coefficient (Wildman–Crippen LogP) is 3.51. The summed E-state index contributed by atoms with van der Waals surface area (Å²) in [5, 5.41) is 11.5. The second-order valence-corrected chi connectivity index (χ2v) is 7.99. The third kappa shape index (κ3) is 4.61. The van der Waals surface area contributed by atoms with Crippen LogP contribution in [0.2, 0.25) is 0 Å². The Balaban J connectivity index is 1.36. The molecule has 0 bridgehead atoms. The summed E-state index contributed by atoms with van der Waals surface area (Å²) in [5.41, 5.74) is 3.65. The van der Waals surface area contributed by atoms with E-state index in [2.05, 4.69) is 20.7 Å². The molecule has 4 aromatic rings.